The van der Waals surface area contributed by atoms with E-state index in [2.05, 4.69) is 4.74 Å². The fourth-order valence-corrected chi connectivity index (χ4v) is 2.26. The molecule has 0 radical (unpaired) electrons. The van der Waals surface area contributed by atoms with E-state index in [9.17, 15) is 19.8 Å². The molecule has 0 bridgehead atoms. The number of carbonyl (C=O) groups is 2. The van der Waals surface area contributed by atoms with E-state index < -0.39 is 0 Å². The Morgan fingerprint density at radius 2 is 1.27 bits per heavy atom. The Balaban J connectivity index is 0.000000976. The van der Waals surface area contributed by atoms with Gasteiger partial charge < -0.3 is 24.4 Å². The maximum absolute atomic E-state index is 11.9. The monoisotopic (exact) mass is 412 g/mol. The van der Waals surface area contributed by atoms with Gasteiger partial charge in [0, 0.05) is 0 Å². The molecule has 2 aromatic carbocycles. The summed E-state index contributed by atoms with van der Waals surface area (Å²) in [5.41, 5.74) is 1.33. The van der Waals surface area contributed by atoms with Crippen molar-refractivity contribution >= 4 is 23.7 Å². The van der Waals surface area contributed by atoms with E-state index in [-0.39, 0.29) is 29.5 Å². The Hall–Kier alpha value is -3.58. The highest BCUT2D eigenvalue weighted by Crippen LogP contribution is 2.27. The Morgan fingerprint density at radius 3 is 1.60 bits per heavy atom. The first-order valence-electron chi connectivity index (χ1n) is 9.16. The largest absolute Gasteiger partial charge is 0.504 e. The van der Waals surface area contributed by atoms with Crippen LogP contribution in [0.4, 0.5) is 0 Å². The molecule has 1 saturated heterocycles. The number of methoxy groups -OCH3 is 2. The minimum Gasteiger partial charge on any atom is -0.504 e. The first-order chi connectivity index (χ1) is 14.4. The highest BCUT2D eigenvalue weighted by Gasteiger charge is 2.06. The molecule has 3 rings (SSSR count). The van der Waals surface area contributed by atoms with Crippen LogP contribution >= 0.6 is 0 Å². The van der Waals surface area contributed by atoms with E-state index in [1.165, 1.54) is 38.5 Å². The van der Waals surface area contributed by atoms with Gasteiger partial charge in [-0.15, -0.1) is 0 Å². The van der Waals surface area contributed by atoms with Gasteiger partial charge in [0.25, 0.3) is 0 Å². The van der Waals surface area contributed by atoms with Gasteiger partial charge in [-0.25, -0.2) is 0 Å². The molecule has 2 N–H and O–H groups in total. The van der Waals surface area contributed by atoms with Crippen molar-refractivity contribution < 1.29 is 34.0 Å². The minimum absolute atomic E-state index is 0.00662. The van der Waals surface area contributed by atoms with Crippen LogP contribution in [0, 0.1) is 0 Å². The summed E-state index contributed by atoms with van der Waals surface area (Å²) in [7, 11) is 2.87. The average Bonchev–Trinajstić information content (AvgIpc) is 3.62. The van der Waals surface area contributed by atoms with Gasteiger partial charge in [0.05, 0.1) is 33.9 Å². The zero-order valence-electron chi connectivity index (χ0n) is 16.8. The maximum Gasteiger partial charge on any atom is 0.163 e. The Morgan fingerprint density at radius 1 is 0.867 bits per heavy atom. The van der Waals surface area contributed by atoms with Gasteiger partial charge in [-0.2, -0.15) is 0 Å². The summed E-state index contributed by atoms with van der Waals surface area (Å²) in [6, 6.07) is 9.34. The van der Waals surface area contributed by atoms with E-state index in [0.717, 1.165) is 13.2 Å². The molecule has 1 fully saturated rings. The summed E-state index contributed by atoms with van der Waals surface area (Å²) in [5.74, 6) is -0.0832. The van der Waals surface area contributed by atoms with Crippen LogP contribution in [0.25, 0.3) is 12.2 Å². The number of phenolic OH excluding ortho intramolecular Hbond substituents is 2. The van der Waals surface area contributed by atoms with Crippen molar-refractivity contribution in [2.75, 3.05) is 27.4 Å². The molecule has 30 heavy (non-hydrogen) atoms. The number of rotatable bonds is 8. The summed E-state index contributed by atoms with van der Waals surface area (Å²) in [6.07, 6.45) is 5.44. The average molecular weight is 412 g/mol. The van der Waals surface area contributed by atoms with Crippen molar-refractivity contribution in [3.05, 3.63) is 59.7 Å². The molecule has 0 spiro atoms. The van der Waals surface area contributed by atoms with Crippen LogP contribution in [0.3, 0.4) is 0 Å². The molecule has 1 heterocycles. The molecule has 0 saturated carbocycles. The minimum atomic E-state index is -0.347. The van der Waals surface area contributed by atoms with Crippen LogP contribution in [-0.2, 0) is 14.3 Å². The lowest BCUT2D eigenvalue weighted by atomic mass is 10.1. The van der Waals surface area contributed by atoms with Crippen molar-refractivity contribution in [3.8, 4) is 23.0 Å². The molecule has 7 nitrogen and oxygen atoms in total. The van der Waals surface area contributed by atoms with E-state index in [4.69, 9.17) is 9.47 Å². The molecule has 0 aromatic heterocycles. The van der Waals surface area contributed by atoms with Crippen molar-refractivity contribution in [2.45, 2.75) is 6.42 Å². The SMILES string of the molecule is C1CO1.COc1cc(/C=C/C(=O)CC(=O)/C=C/c2ccc(O)c(OC)c2)ccc1O. The standard InChI is InChI=1S/C21H20O6.C2H4O/c1-26-20-11-14(5-9-18(20)24)3-7-16(22)13-17(23)8-4-15-6-10-19(25)21(12-15)27-2;1-2-3-1/h3-12,24-25H,13H2,1-2H3;1-2H2/b7-3+,8-4+;. The molecular formula is C23H24O7. The number of hydrogen-bond acceptors (Lipinski definition) is 7. The summed E-state index contributed by atoms with van der Waals surface area (Å²) in [5, 5.41) is 19.1. The zero-order valence-corrected chi connectivity index (χ0v) is 16.8. The maximum atomic E-state index is 11.9. The highest BCUT2D eigenvalue weighted by atomic mass is 16.6. The quantitative estimate of drug-likeness (QED) is 0.389. The lowest BCUT2D eigenvalue weighted by molar-refractivity contribution is -0.121. The number of ether oxygens (including phenoxy) is 3. The molecular weight excluding hydrogens is 388 g/mol. The second-order valence-electron chi connectivity index (χ2n) is 6.25. The van der Waals surface area contributed by atoms with Gasteiger partial charge in [0.2, 0.25) is 0 Å². The number of carbonyl (C=O) groups excluding carboxylic acids is 2. The van der Waals surface area contributed by atoms with E-state index >= 15 is 0 Å². The number of phenols is 2. The number of allylic oxidation sites excluding steroid dienone is 2. The van der Waals surface area contributed by atoms with E-state index in [1.807, 2.05) is 0 Å². The number of ketones is 2. The molecule has 0 aliphatic carbocycles. The molecule has 1 aliphatic heterocycles. The number of benzene rings is 2. The second-order valence-corrected chi connectivity index (χ2v) is 6.25. The lowest BCUT2D eigenvalue weighted by Crippen LogP contribution is -2.01. The van der Waals surface area contributed by atoms with Gasteiger partial charge >= 0.3 is 0 Å². The van der Waals surface area contributed by atoms with Crippen LogP contribution in [0.15, 0.2) is 48.6 Å². The van der Waals surface area contributed by atoms with Gasteiger partial charge in [-0.1, -0.05) is 24.3 Å². The van der Waals surface area contributed by atoms with Crippen molar-refractivity contribution in [1.29, 1.82) is 0 Å². The summed E-state index contributed by atoms with van der Waals surface area (Å²) in [4.78, 5) is 23.9. The van der Waals surface area contributed by atoms with Crippen LogP contribution in [0.2, 0.25) is 0 Å². The zero-order chi connectivity index (χ0) is 21.9. The third-order valence-corrected chi connectivity index (χ3v) is 3.88. The summed E-state index contributed by atoms with van der Waals surface area (Å²) >= 11 is 0. The van der Waals surface area contributed by atoms with E-state index in [1.54, 1.807) is 36.4 Å². The normalized spacial score (nSPS) is 12.3. The van der Waals surface area contributed by atoms with Crippen LogP contribution in [0.1, 0.15) is 17.5 Å². The number of aromatic hydroxyl groups is 2. The molecule has 2 aromatic rings. The second kappa shape index (κ2) is 11.4. The first kappa shape index (κ1) is 22.7. The Labute approximate surface area is 174 Å². The van der Waals surface area contributed by atoms with Crippen LogP contribution < -0.4 is 9.47 Å². The fraction of sp³-hybridized carbons (Fsp3) is 0.217. The third-order valence-electron chi connectivity index (χ3n) is 3.88. The fourth-order valence-electron chi connectivity index (χ4n) is 2.26. The molecule has 0 amide bonds. The molecule has 1 aliphatic rings. The number of epoxide rings is 1. The number of hydrogen-bond donors (Lipinski definition) is 2. The van der Waals surface area contributed by atoms with Gasteiger partial charge in [0.15, 0.2) is 34.6 Å². The summed E-state index contributed by atoms with van der Waals surface area (Å²) < 4.78 is 14.5. The Bertz CT molecular complexity index is 866. The highest BCUT2D eigenvalue weighted by molar-refractivity contribution is 6.10. The summed E-state index contributed by atoms with van der Waals surface area (Å²) in [6.45, 7) is 2.00. The van der Waals surface area contributed by atoms with Crippen LogP contribution in [-0.4, -0.2) is 49.2 Å². The predicted molar refractivity (Wildman–Crippen MR) is 113 cm³/mol. The molecule has 7 heteroatoms. The molecule has 158 valence electrons. The van der Waals surface area contributed by atoms with Crippen molar-refractivity contribution in [1.82, 2.24) is 0 Å². The lowest BCUT2D eigenvalue weighted by Gasteiger charge is -2.03. The third kappa shape index (κ3) is 7.81. The topological polar surface area (TPSA) is 106 Å². The first-order valence-corrected chi connectivity index (χ1v) is 9.16. The van der Waals surface area contributed by atoms with Crippen LogP contribution in [0.5, 0.6) is 23.0 Å². The molecule has 0 atom stereocenters. The van der Waals surface area contributed by atoms with Gasteiger partial charge in [-0.05, 0) is 47.5 Å². The predicted octanol–water partition coefficient (Wildman–Crippen LogP) is 3.39. The molecule has 0 unspecified atom stereocenters. The van der Waals surface area contributed by atoms with Crippen molar-refractivity contribution in [3.63, 3.8) is 0 Å². The Kier molecular flexibility index (Phi) is 8.65. The van der Waals surface area contributed by atoms with E-state index in [0.29, 0.717) is 22.6 Å². The van der Waals surface area contributed by atoms with Crippen molar-refractivity contribution in [2.24, 2.45) is 0 Å². The van der Waals surface area contributed by atoms with Gasteiger partial charge in [0.1, 0.15) is 0 Å². The smallest absolute Gasteiger partial charge is 0.163 e. The van der Waals surface area contributed by atoms with Gasteiger partial charge in [-0.3, -0.25) is 9.59 Å².